The van der Waals surface area contributed by atoms with E-state index < -0.39 is 0 Å². The van der Waals surface area contributed by atoms with E-state index in [0.29, 0.717) is 18.7 Å². The molecule has 4 rings (SSSR count). The summed E-state index contributed by atoms with van der Waals surface area (Å²) < 4.78 is 14.2. The SMILES string of the molecule is CCC[C@@H](NCc1nn(Cc2ccccc2F)nc1-c1ccccc1)c1ccccc1. The average molecular weight is 415 g/mol. The van der Waals surface area contributed by atoms with Crippen molar-refractivity contribution in [2.24, 2.45) is 0 Å². The third-order valence-corrected chi connectivity index (χ3v) is 5.34. The summed E-state index contributed by atoms with van der Waals surface area (Å²) in [5.74, 6) is -0.243. The molecule has 0 amide bonds. The van der Waals surface area contributed by atoms with E-state index >= 15 is 0 Å². The van der Waals surface area contributed by atoms with E-state index in [2.05, 4.69) is 36.5 Å². The Kier molecular flexibility index (Phi) is 6.85. The third-order valence-electron chi connectivity index (χ3n) is 5.34. The van der Waals surface area contributed by atoms with Crippen LogP contribution < -0.4 is 5.32 Å². The zero-order valence-corrected chi connectivity index (χ0v) is 17.7. The quantitative estimate of drug-likeness (QED) is 0.378. The first kappa shape index (κ1) is 20.9. The van der Waals surface area contributed by atoms with Crippen molar-refractivity contribution in [3.8, 4) is 11.3 Å². The van der Waals surface area contributed by atoms with Gasteiger partial charge < -0.3 is 5.32 Å². The first-order valence-electron chi connectivity index (χ1n) is 10.8. The maximum absolute atomic E-state index is 14.2. The van der Waals surface area contributed by atoms with E-state index in [9.17, 15) is 4.39 Å². The fraction of sp³-hybridized carbons (Fsp3) is 0.231. The second kappa shape index (κ2) is 10.1. The van der Waals surface area contributed by atoms with E-state index in [1.165, 1.54) is 11.6 Å². The largest absolute Gasteiger partial charge is 0.304 e. The van der Waals surface area contributed by atoms with Crippen LogP contribution in [0.5, 0.6) is 0 Å². The topological polar surface area (TPSA) is 42.7 Å². The van der Waals surface area contributed by atoms with Crippen molar-refractivity contribution < 1.29 is 4.39 Å². The predicted molar refractivity (Wildman–Crippen MR) is 122 cm³/mol. The molecule has 0 radical (unpaired) electrons. The minimum absolute atomic E-state index is 0.242. The number of hydrogen-bond acceptors (Lipinski definition) is 3. The summed E-state index contributed by atoms with van der Waals surface area (Å²) in [4.78, 5) is 1.59. The fourth-order valence-corrected chi connectivity index (χ4v) is 3.75. The minimum atomic E-state index is -0.243. The molecule has 0 fully saturated rings. The lowest BCUT2D eigenvalue weighted by Crippen LogP contribution is -2.21. The molecule has 0 aliphatic heterocycles. The summed E-state index contributed by atoms with van der Waals surface area (Å²) in [6.45, 7) is 3.07. The van der Waals surface area contributed by atoms with Gasteiger partial charge in [0.2, 0.25) is 0 Å². The highest BCUT2D eigenvalue weighted by Crippen LogP contribution is 2.23. The van der Waals surface area contributed by atoms with E-state index in [1.54, 1.807) is 16.9 Å². The predicted octanol–water partition coefficient (Wildman–Crippen LogP) is 5.76. The van der Waals surface area contributed by atoms with Gasteiger partial charge in [-0.05, 0) is 18.1 Å². The number of nitrogens with zero attached hydrogens (tertiary/aromatic N) is 3. The van der Waals surface area contributed by atoms with Gasteiger partial charge in [-0.15, -0.1) is 0 Å². The van der Waals surface area contributed by atoms with Crippen molar-refractivity contribution in [2.45, 2.75) is 38.9 Å². The normalized spacial score (nSPS) is 12.1. The zero-order valence-electron chi connectivity index (χ0n) is 17.7. The molecular weight excluding hydrogens is 387 g/mol. The van der Waals surface area contributed by atoms with Crippen LogP contribution in [0.25, 0.3) is 11.3 Å². The van der Waals surface area contributed by atoms with Gasteiger partial charge in [0.15, 0.2) is 0 Å². The van der Waals surface area contributed by atoms with E-state index in [0.717, 1.165) is 29.8 Å². The van der Waals surface area contributed by atoms with Gasteiger partial charge in [0, 0.05) is 23.7 Å². The van der Waals surface area contributed by atoms with Gasteiger partial charge >= 0.3 is 0 Å². The molecule has 0 aliphatic rings. The molecule has 158 valence electrons. The molecule has 5 heteroatoms. The summed E-state index contributed by atoms with van der Waals surface area (Å²) >= 11 is 0. The lowest BCUT2D eigenvalue weighted by atomic mass is 10.0. The van der Waals surface area contributed by atoms with Crippen molar-refractivity contribution in [3.05, 3.63) is 108 Å². The van der Waals surface area contributed by atoms with Crippen LogP contribution in [0.15, 0.2) is 84.9 Å². The molecule has 0 saturated carbocycles. The summed E-state index contributed by atoms with van der Waals surface area (Å²) in [6, 6.07) is 27.5. The molecule has 0 unspecified atom stereocenters. The Balaban J connectivity index is 1.60. The number of benzene rings is 3. The van der Waals surface area contributed by atoms with Gasteiger partial charge in [0.05, 0.1) is 6.54 Å². The Hall–Kier alpha value is -3.31. The summed E-state index contributed by atoms with van der Waals surface area (Å²) in [7, 11) is 0. The Labute approximate surface area is 182 Å². The Morgan fingerprint density at radius 1 is 0.871 bits per heavy atom. The summed E-state index contributed by atoms with van der Waals surface area (Å²) in [5, 5.41) is 13.1. The van der Waals surface area contributed by atoms with E-state index in [1.807, 2.05) is 42.5 Å². The molecule has 0 saturated heterocycles. The van der Waals surface area contributed by atoms with Crippen LogP contribution in [0.4, 0.5) is 4.39 Å². The number of aromatic nitrogens is 3. The molecule has 0 aliphatic carbocycles. The second-order valence-corrected chi connectivity index (χ2v) is 7.62. The van der Waals surface area contributed by atoms with Gasteiger partial charge in [0.25, 0.3) is 0 Å². The fourth-order valence-electron chi connectivity index (χ4n) is 3.75. The molecule has 0 spiro atoms. The Bertz CT molecular complexity index is 1090. The number of nitrogens with one attached hydrogen (secondary N) is 1. The van der Waals surface area contributed by atoms with Gasteiger partial charge in [-0.1, -0.05) is 92.2 Å². The van der Waals surface area contributed by atoms with Crippen molar-refractivity contribution in [1.29, 1.82) is 0 Å². The van der Waals surface area contributed by atoms with Crippen molar-refractivity contribution in [2.75, 3.05) is 0 Å². The minimum Gasteiger partial charge on any atom is -0.304 e. The molecule has 31 heavy (non-hydrogen) atoms. The van der Waals surface area contributed by atoms with Gasteiger partial charge in [-0.2, -0.15) is 15.0 Å². The Morgan fingerprint density at radius 3 is 2.26 bits per heavy atom. The van der Waals surface area contributed by atoms with E-state index in [-0.39, 0.29) is 11.9 Å². The lowest BCUT2D eigenvalue weighted by Gasteiger charge is -2.18. The Morgan fingerprint density at radius 2 is 1.55 bits per heavy atom. The lowest BCUT2D eigenvalue weighted by molar-refractivity contribution is 0.484. The van der Waals surface area contributed by atoms with Crippen LogP contribution in [0.3, 0.4) is 0 Å². The van der Waals surface area contributed by atoms with Gasteiger partial charge in [-0.3, -0.25) is 0 Å². The molecule has 4 aromatic rings. The number of halogens is 1. The van der Waals surface area contributed by atoms with Crippen LogP contribution in [-0.2, 0) is 13.1 Å². The molecular formula is C26H27FN4. The molecule has 1 N–H and O–H groups in total. The molecule has 1 heterocycles. The third kappa shape index (κ3) is 5.25. The molecule has 4 nitrogen and oxygen atoms in total. The highest BCUT2D eigenvalue weighted by molar-refractivity contribution is 5.60. The molecule has 0 bridgehead atoms. The average Bonchev–Trinajstić information content (AvgIpc) is 3.22. The van der Waals surface area contributed by atoms with Crippen LogP contribution in [-0.4, -0.2) is 15.0 Å². The number of rotatable bonds is 9. The van der Waals surface area contributed by atoms with Crippen molar-refractivity contribution in [1.82, 2.24) is 20.3 Å². The van der Waals surface area contributed by atoms with Gasteiger partial charge in [-0.25, -0.2) is 4.39 Å². The smallest absolute Gasteiger partial charge is 0.128 e. The highest BCUT2D eigenvalue weighted by atomic mass is 19.1. The van der Waals surface area contributed by atoms with E-state index in [4.69, 9.17) is 10.2 Å². The molecule has 1 atom stereocenters. The zero-order chi connectivity index (χ0) is 21.5. The van der Waals surface area contributed by atoms with Crippen LogP contribution in [0, 0.1) is 5.82 Å². The number of hydrogen-bond donors (Lipinski definition) is 1. The van der Waals surface area contributed by atoms with Gasteiger partial charge in [0.1, 0.15) is 17.2 Å². The molecule has 3 aromatic carbocycles. The molecule has 1 aromatic heterocycles. The standard InChI is InChI=1S/C26H27FN4/c1-2-11-24(20-12-5-3-6-13-20)28-18-25-26(21-14-7-4-8-15-21)30-31(29-25)19-22-16-9-10-17-23(22)27/h3-10,12-17,24,28H,2,11,18-19H2,1H3/t24-/m1/s1. The summed E-state index contributed by atoms with van der Waals surface area (Å²) in [5.41, 5.74) is 4.53. The van der Waals surface area contributed by atoms with Crippen LogP contribution in [0.2, 0.25) is 0 Å². The first-order chi connectivity index (χ1) is 15.2. The maximum Gasteiger partial charge on any atom is 0.128 e. The maximum atomic E-state index is 14.2. The first-order valence-corrected chi connectivity index (χ1v) is 10.8. The van der Waals surface area contributed by atoms with Crippen molar-refractivity contribution in [3.63, 3.8) is 0 Å². The van der Waals surface area contributed by atoms with Crippen LogP contribution in [0.1, 0.15) is 42.6 Å². The van der Waals surface area contributed by atoms with Crippen LogP contribution >= 0.6 is 0 Å². The summed E-state index contributed by atoms with van der Waals surface area (Å²) in [6.07, 6.45) is 2.12. The highest BCUT2D eigenvalue weighted by Gasteiger charge is 2.17. The van der Waals surface area contributed by atoms with Crippen molar-refractivity contribution >= 4 is 0 Å². The monoisotopic (exact) mass is 414 g/mol. The second-order valence-electron chi connectivity index (χ2n) is 7.62.